The Morgan fingerprint density at radius 3 is 3.06 bits per heavy atom. The van der Waals surface area contributed by atoms with E-state index in [-0.39, 0.29) is 6.10 Å². The topological polar surface area (TPSA) is 38.5 Å². The Hall–Kier alpha value is -0.900. The van der Waals surface area contributed by atoms with Gasteiger partial charge in [-0.25, -0.2) is 0 Å². The fourth-order valence-corrected chi connectivity index (χ4v) is 2.89. The van der Waals surface area contributed by atoms with Crippen molar-refractivity contribution < 1.29 is 4.74 Å². The lowest BCUT2D eigenvalue weighted by molar-refractivity contribution is 0.0204. The lowest BCUT2D eigenvalue weighted by atomic mass is 9.97. The first-order valence-electron chi connectivity index (χ1n) is 6.50. The van der Waals surface area contributed by atoms with E-state index in [1.165, 1.54) is 11.1 Å². The summed E-state index contributed by atoms with van der Waals surface area (Å²) in [6.07, 6.45) is 2.41. The molecule has 0 radical (unpaired) electrons. The van der Waals surface area contributed by atoms with Crippen molar-refractivity contribution in [3.05, 3.63) is 35.4 Å². The molecule has 1 unspecified atom stereocenters. The molecule has 1 saturated heterocycles. The molecular formula is C14H20N2O. The fraction of sp³-hybridized carbons (Fsp3) is 0.571. The maximum absolute atomic E-state index is 5.94. The predicted molar refractivity (Wildman–Crippen MR) is 67.9 cm³/mol. The summed E-state index contributed by atoms with van der Waals surface area (Å²) < 4.78 is 5.92. The van der Waals surface area contributed by atoms with Crippen molar-refractivity contribution in [3.63, 3.8) is 0 Å². The molecular weight excluding hydrogens is 212 g/mol. The lowest BCUT2D eigenvalue weighted by Crippen LogP contribution is -2.32. The molecule has 2 aliphatic heterocycles. The Morgan fingerprint density at radius 2 is 2.24 bits per heavy atom. The maximum atomic E-state index is 5.94. The third-order valence-corrected chi connectivity index (χ3v) is 3.83. The lowest BCUT2D eigenvalue weighted by Gasteiger charge is -2.29. The highest BCUT2D eigenvalue weighted by Gasteiger charge is 2.26. The standard InChI is InChI=1S/C14H20N2O/c15-12-5-7-16(9-12)10-14-13-4-2-1-3-11(13)6-8-17-14/h1-4,12,14H,5-10,15H2/t12-,14?/m0/s1. The van der Waals surface area contributed by atoms with Crippen molar-refractivity contribution in [2.75, 3.05) is 26.2 Å². The van der Waals surface area contributed by atoms with E-state index in [1.54, 1.807) is 0 Å². The molecule has 3 nitrogen and oxygen atoms in total. The van der Waals surface area contributed by atoms with Gasteiger partial charge >= 0.3 is 0 Å². The van der Waals surface area contributed by atoms with Gasteiger partial charge in [-0.15, -0.1) is 0 Å². The average Bonchev–Trinajstić information content (AvgIpc) is 2.75. The number of nitrogens with zero attached hydrogens (tertiary/aromatic N) is 1. The largest absolute Gasteiger partial charge is 0.372 e. The third kappa shape index (κ3) is 2.37. The van der Waals surface area contributed by atoms with Gasteiger partial charge in [0.15, 0.2) is 0 Å². The SMILES string of the molecule is N[C@H]1CCN(CC2OCCc3ccccc32)C1. The second kappa shape index (κ2) is 4.77. The van der Waals surface area contributed by atoms with Crippen LogP contribution in [0.25, 0.3) is 0 Å². The molecule has 3 heteroatoms. The van der Waals surface area contributed by atoms with Crippen LogP contribution in [0.15, 0.2) is 24.3 Å². The van der Waals surface area contributed by atoms with E-state index < -0.39 is 0 Å². The van der Waals surface area contributed by atoms with E-state index in [0.29, 0.717) is 6.04 Å². The van der Waals surface area contributed by atoms with Crippen LogP contribution >= 0.6 is 0 Å². The summed E-state index contributed by atoms with van der Waals surface area (Å²) in [5, 5.41) is 0. The first-order valence-corrected chi connectivity index (χ1v) is 6.50. The second-order valence-electron chi connectivity index (χ2n) is 5.12. The zero-order chi connectivity index (χ0) is 11.7. The number of fused-ring (bicyclic) bond motifs is 1. The van der Waals surface area contributed by atoms with Gasteiger partial charge in [0.1, 0.15) is 0 Å². The van der Waals surface area contributed by atoms with Gasteiger partial charge in [0.2, 0.25) is 0 Å². The van der Waals surface area contributed by atoms with Crippen LogP contribution in [0.5, 0.6) is 0 Å². The molecule has 0 spiro atoms. The number of rotatable bonds is 2. The number of likely N-dealkylation sites (tertiary alicyclic amines) is 1. The van der Waals surface area contributed by atoms with Gasteiger partial charge < -0.3 is 10.5 Å². The number of hydrogen-bond acceptors (Lipinski definition) is 3. The Balaban J connectivity index is 1.72. The number of benzene rings is 1. The molecule has 2 heterocycles. The zero-order valence-corrected chi connectivity index (χ0v) is 10.1. The Morgan fingerprint density at radius 1 is 1.35 bits per heavy atom. The first kappa shape index (κ1) is 11.2. The van der Waals surface area contributed by atoms with Gasteiger partial charge in [-0.1, -0.05) is 24.3 Å². The quantitative estimate of drug-likeness (QED) is 0.836. The molecule has 2 aliphatic rings. The van der Waals surface area contributed by atoms with Gasteiger partial charge in [0.25, 0.3) is 0 Å². The molecule has 0 amide bonds. The van der Waals surface area contributed by atoms with E-state index in [0.717, 1.165) is 39.1 Å². The smallest absolute Gasteiger partial charge is 0.0954 e. The summed E-state index contributed by atoms with van der Waals surface area (Å²) in [6.45, 7) is 3.97. The second-order valence-corrected chi connectivity index (χ2v) is 5.12. The third-order valence-electron chi connectivity index (χ3n) is 3.83. The van der Waals surface area contributed by atoms with Crippen molar-refractivity contribution in [1.82, 2.24) is 4.90 Å². The Labute approximate surface area is 103 Å². The van der Waals surface area contributed by atoms with Gasteiger partial charge in [0.05, 0.1) is 12.7 Å². The van der Waals surface area contributed by atoms with Gasteiger partial charge in [-0.05, 0) is 30.5 Å². The van der Waals surface area contributed by atoms with Crippen LogP contribution in [0.4, 0.5) is 0 Å². The molecule has 2 atom stereocenters. The van der Waals surface area contributed by atoms with Gasteiger partial charge in [-0.3, -0.25) is 4.90 Å². The van der Waals surface area contributed by atoms with Crippen LogP contribution in [-0.2, 0) is 11.2 Å². The monoisotopic (exact) mass is 232 g/mol. The molecule has 92 valence electrons. The van der Waals surface area contributed by atoms with Crippen molar-refractivity contribution in [3.8, 4) is 0 Å². The van der Waals surface area contributed by atoms with Gasteiger partial charge in [-0.2, -0.15) is 0 Å². The molecule has 1 aromatic carbocycles. The highest BCUT2D eigenvalue weighted by atomic mass is 16.5. The maximum Gasteiger partial charge on any atom is 0.0954 e. The van der Waals surface area contributed by atoms with E-state index in [9.17, 15) is 0 Å². The van der Waals surface area contributed by atoms with Crippen LogP contribution in [0.3, 0.4) is 0 Å². The van der Waals surface area contributed by atoms with Crippen LogP contribution in [0.1, 0.15) is 23.7 Å². The van der Waals surface area contributed by atoms with Crippen molar-refractivity contribution in [1.29, 1.82) is 0 Å². The van der Waals surface area contributed by atoms with Crippen molar-refractivity contribution in [2.24, 2.45) is 5.73 Å². The molecule has 0 aromatic heterocycles. The molecule has 0 bridgehead atoms. The normalized spacial score (nSPS) is 29.2. The van der Waals surface area contributed by atoms with Crippen LogP contribution < -0.4 is 5.73 Å². The number of nitrogens with two attached hydrogens (primary N) is 1. The fourth-order valence-electron chi connectivity index (χ4n) is 2.89. The van der Waals surface area contributed by atoms with Crippen LogP contribution in [0, 0.1) is 0 Å². The van der Waals surface area contributed by atoms with E-state index in [4.69, 9.17) is 10.5 Å². The minimum atomic E-state index is 0.241. The summed E-state index contributed by atoms with van der Waals surface area (Å²) >= 11 is 0. The van der Waals surface area contributed by atoms with E-state index >= 15 is 0 Å². The number of ether oxygens (including phenoxy) is 1. The molecule has 2 N–H and O–H groups in total. The summed E-state index contributed by atoms with van der Waals surface area (Å²) in [6, 6.07) is 9.01. The van der Waals surface area contributed by atoms with Crippen molar-refractivity contribution >= 4 is 0 Å². The molecule has 0 aliphatic carbocycles. The Bertz CT molecular complexity index is 394. The minimum absolute atomic E-state index is 0.241. The highest BCUT2D eigenvalue weighted by Crippen LogP contribution is 2.28. The molecule has 3 rings (SSSR count). The van der Waals surface area contributed by atoms with E-state index in [1.807, 2.05) is 0 Å². The van der Waals surface area contributed by atoms with Gasteiger partial charge in [0, 0.05) is 19.1 Å². The van der Waals surface area contributed by atoms with Crippen molar-refractivity contribution in [2.45, 2.75) is 25.0 Å². The molecule has 17 heavy (non-hydrogen) atoms. The average molecular weight is 232 g/mol. The number of hydrogen-bond donors (Lipinski definition) is 1. The summed E-state index contributed by atoms with van der Waals surface area (Å²) in [5.74, 6) is 0. The molecule has 1 fully saturated rings. The van der Waals surface area contributed by atoms with Crippen LogP contribution in [0.2, 0.25) is 0 Å². The zero-order valence-electron chi connectivity index (χ0n) is 10.1. The predicted octanol–water partition coefficient (Wildman–Crippen LogP) is 1.33. The molecule has 0 saturated carbocycles. The van der Waals surface area contributed by atoms with E-state index in [2.05, 4.69) is 29.2 Å². The van der Waals surface area contributed by atoms with Crippen LogP contribution in [-0.4, -0.2) is 37.2 Å². The first-order chi connectivity index (χ1) is 8.33. The summed E-state index contributed by atoms with van der Waals surface area (Å²) in [7, 11) is 0. The minimum Gasteiger partial charge on any atom is -0.372 e. The highest BCUT2D eigenvalue weighted by molar-refractivity contribution is 5.31. The Kier molecular flexibility index (Phi) is 3.14. The summed E-state index contributed by atoms with van der Waals surface area (Å²) in [4.78, 5) is 2.43. The molecule has 1 aromatic rings. The summed E-state index contributed by atoms with van der Waals surface area (Å²) in [5.41, 5.74) is 8.77.